The Hall–Kier alpha value is -0.610. The van der Waals surface area contributed by atoms with Crippen molar-refractivity contribution in [1.29, 1.82) is 0 Å². The van der Waals surface area contributed by atoms with Crippen LogP contribution in [0.25, 0.3) is 0 Å². The number of hydrogen-bond donors (Lipinski definition) is 1. The molecule has 0 aliphatic rings. The van der Waals surface area contributed by atoms with Gasteiger partial charge >= 0.3 is 0 Å². The summed E-state index contributed by atoms with van der Waals surface area (Å²) in [6.07, 6.45) is 4.17. The molecule has 0 fully saturated rings. The molecule has 4 heteroatoms. The minimum atomic E-state index is 0.156. The second-order valence-corrected chi connectivity index (χ2v) is 3.51. The summed E-state index contributed by atoms with van der Waals surface area (Å²) in [6.45, 7) is 2.22. The fraction of sp³-hybridized carbons (Fsp3) is 0.500. The molecule has 0 aromatic carbocycles. The van der Waals surface area contributed by atoms with Gasteiger partial charge < -0.3 is 5.11 Å². The Labute approximate surface area is 76.2 Å². The molecule has 1 rings (SSSR count). The van der Waals surface area contributed by atoms with E-state index < -0.39 is 0 Å². The van der Waals surface area contributed by atoms with E-state index in [1.807, 2.05) is 0 Å². The lowest BCUT2D eigenvalue weighted by Crippen LogP contribution is -1.94. The van der Waals surface area contributed by atoms with Crippen LogP contribution >= 0.6 is 11.8 Å². The summed E-state index contributed by atoms with van der Waals surface area (Å²) in [6, 6.07) is 0. The van der Waals surface area contributed by atoms with E-state index in [1.165, 1.54) is 0 Å². The van der Waals surface area contributed by atoms with Gasteiger partial charge in [-0.05, 0) is 17.7 Å². The molecule has 12 heavy (non-hydrogen) atoms. The molecule has 1 N–H and O–H groups in total. The van der Waals surface area contributed by atoms with Crippen molar-refractivity contribution in [2.24, 2.45) is 0 Å². The van der Waals surface area contributed by atoms with Crippen molar-refractivity contribution in [3.63, 3.8) is 0 Å². The van der Waals surface area contributed by atoms with E-state index in [9.17, 15) is 0 Å². The minimum Gasteiger partial charge on any atom is -0.396 e. The molecule has 0 saturated carbocycles. The van der Waals surface area contributed by atoms with Crippen LogP contribution in [0.15, 0.2) is 17.6 Å². The van der Waals surface area contributed by atoms with Crippen LogP contribution < -0.4 is 0 Å². The molecule has 0 unspecified atom stereocenters. The summed E-state index contributed by atoms with van der Waals surface area (Å²) in [4.78, 5) is 8.26. The van der Waals surface area contributed by atoms with Crippen LogP contribution in [0.3, 0.4) is 0 Å². The second kappa shape index (κ2) is 5.11. The van der Waals surface area contributed by atoms with Gasteiger partial charge in [0.2, 0.25) is 0 Å². The van der Waals surface area contributed by atoms with E-state index in [1.54, 1.807) is 24.2 Å². The topological polar surface area (TPSA) is 46.0 Å². The molecule has 0 bridgehead atoms. The van der Waals surface area contributed by atoms with Crippen LogP contribution in [0.4, 0.5) is 0 Å². The van der Waals surface area contributed by atoms with E-state index in [-0.39, 0.29) is 6.61 Å². The zero-order valence-corrected chi connectivity index (χ0v) is 7.84. The van der Waals surface area contributed by atoms with Crippen molar-refractivity contribution < 1.29 is 5.11 Å². The Kier molecular flexibility index (Phi) is 4.04. The lowest BCUT2D eigenvalue weighted by molar-refractivity contribution is 0.299. The van der Waals surface area contributed by atoms with E-state index >= 15 is 0 Å². The Morgan fingerprint density at radius 2 is 2.08 bits per heavy atom. The van der Waals surface area contributed by atoms with Gasteiger partial charge in [0.1, 0.15) is 0 Å². The Balaban J connectivity index is 2.58. The molecular formula is C8H12N2OS. The van der Waals surface area contributed by atoms with Gasteiger partial charge in [-0.2, -0.15) is 0 Å². The number of thioether (sulfide) groups is 1. The first-order chi connectivity index (χ1) is 5.86. The maximum atomic E-state index is 8.63. The summed E-state index contributed by atoms with van der Waals surface area (Å²) in [5.74, 6) is 0.985. The molecule has 0 amide bonds. The van der Waals surface area contributed by atoms with Crippen LogP contribution in [-0.4, -0.2) is 27.4 Å². The normalized spacial score (nSPS) is 10.2. The molecule has 0 radical (unpaired) electrons. The lowest BCUT2D eigenvalue weighted by Gasteiger charge is -1.98. The fourth-order valence-corrected chi connectivity index (χ4v) is 1.32. The summed E-state index contributed by atoms with van der Waals surface area (Å²) < 4.78 is 0. The van der Waals surface area contributed by atoms with Gasteiger partial charge in [-0.1, -0.05) is 18.7 Å². The summed E-state index contributed by atoms with van der Waals surface area (Å²) in [5, 5.41) is 9.44. The molecule has 0 spiro atoms. The lowest BCUT2D eigenvalue weighted by atomic mass is 10.3. The SMILES string of the molecule is CCSc1ncc(CCO)cn1. The van der Waals surface area contributed by atoms with Gasteiger partial charge in [-0.3, -0.25) is 0 Å². The molecule has 0 aliphatic carbocycles. The Morgan fingerprint density at radius 1 is 1.42 bits per heavy atom. The van der Waals surface area contributed by atoms with E-state index in [0.29, 0.717) is 6.42 Å². The Morgan fingerprint density at radius 3 is 2.58 bits per heavy atom. The maximum absolute atomic E-state index is 8.63. The van der Waals surface area contributed by atoms with E-state index in [4.69, 9.17) is 5.11 Å². The van der Waals surface area contributed by atoms with Crippen LogP contribution in [-0.2, 0) is 6.42 Å². The van der Waals surface area contributed by atoms with Crippen molar-refractivity contribution in [3.8, 4) is 0 Å². The molecule has 1 heterocycles. The average Bonchev–Trinajstić information content (AvgIpc) is 2.09. The first-order valence-corrected chi connectivity index (χ1v) is 4.90. The number of nitrogens with zero attached hydrogens (tertiary/aromatic N) is 2. The standard InChI is InChI=1S/C8H12N2OS/c1-2-12-8-9-5-7(3-4-11)6-10-8/h5-6,11H,2-4H2,1H3. The van der Waals surface area contributed by atoms with Crippen LogP contribution in [0.2, 0.25) is 0 Å². The highest BCUT2D eigenvalue weighted by atomic mass is 32.2. The van der Waals surface area contributed by atoms with Crippen LogP contribution in [0.1, 0.15) is 12.5 Å². The number of aromatic nitrogens is 2. The monoisotopic (exact) mass is 184 g/mol. The molecule has 0 saturated heterocycles. The number of rotatable bonds is 4. The summed E-state index contributed by atoms with van der Waals surface area (Å²) >= 11 is 1.62. The molecule has 0 aliphatic heterocycles. The molecule has 3 nitrogen and oxygen atoms in total. The fourth-order valence-electron chi connectivity index (χ4n) is 0.805. The minimum absolute atomic E-state index is 0.156. The van der Waals surface area contributed by atoms with E-state index in [0.717, 1.165) is 16.5 Å². The highest BCUT2D eigenvalue weighted by Gasteiger charge is 1.95. The third-order valence-electron chi connectivity index (χ3n) is 1.36. The first kappa shape index (κ1) is 9.48. The zero-order valence-electron chi connectivity index (χ0n) is 7.03. The van der Waals surface area contributed by atoms with Gasteiger partial charge in [-0.15, -0.1) is 0 Å². The number of hydrogen-bond acceptors (Lipinski definition) is 4. The Bertz CT molecular complexity index is 200. The van der Waals surface area contributed by atoms with Crippen molar-refractivity contribution >= 4 is 11.8 Å². The smallest absolute Gasteiger partial charge is 0.187 e. The summed E-state index contributed by atoms with van der Waals surface area (Å²) in [5.41, 5.74) is 0.984. The van der Waals surface area contributed by atoms with Gasteiger partial charge in [0.15, 0.2) is 5.16 Å². The van der Waals surface area contributed by atoms with Gasteiger partial charge in [-0.25, -0.2) is 9.97 Å². The zero-order chi connectivity index (χ0) is 8.81. The van der Waals surface area contributed by atoms with Gasteiger partial charge in [0.05, 0.1) is 0 Å². The largest absolute Gasteiger partial charge is 0.396 e. The quantitative estimate of drug-likeness (QED) is 0.562. The van der Waals surface area contributed by atoms with E-state index in [2.05, 4.69) is 16.9 Å². The molecule has 0 atom stereocenters. The summed E-state index contributed by atoms with van der Waals surface area (Å²) in [7, 11) is 0. The molecule has 1 aromatic rings. The van der Waals surface area contributed by atoms with Crippen molar-refractivity contribution in [3.05, 3.63) is 18.0 Å². The molecule has 1 aromatic heterocycles. The highest BCUT2D eigenvalue weighted by Crippen LogP contribution is 2.10. The van der Waals surface area contributed by atoms with Crippen molar-refractivity contribution in [2.75, 3.05) is 12.4 Å². The number of aliphatic hydroxyl groups excluding tert-OH is 1. The van der Waals surface area contributed by atoms with Crippen LogP contribution in [0, 0.1) is 0 Å². The van der Waals surface area contributed by atoms with Gasteiger partial charge in [0, 0.05) is 19.0 Å². The van der Waals surface area contributed by atoms with Crippen molar-refractivity contribution in [1.82, 2.24) is 9.97 Å². The second-order valence-electron chi connectivity index (χ2n) is 2.28. The van der Waals surface area contributed by atoms with Crippen LogP contribution in [0.5, 0.6) is 0 Å². The number of aliphatic hydroxyl groups is 1. The predicted molar refractivity (Wildman–Crippen MR) is 49.2 cm³/mol. The van der Waals surface area contributed by atoms with Crippen molar-refractivity contribution in [2.45, 2.75) is 18.5 Å². The third-order valence-corrected chi connectivity index (χ3v) is 2.11. The highest BCUT2D eigenvalue weighted by molar-refractivity contribution is 7.99. The predicted octanol–water partition coefficient (Wildman–Crippen LogP) is 1.12. The molecular weight excluding hydrogens is 172 g/mol. The van der Waals surface area contributed by atoms with Gasteiger partial charge in [0.25, 0.3) is 0 Å². The molecule has 66 valence electrons. The first-order valence-electron chi connectivity index (χ1n) is 3.91. The third kappa shape index (κ3) is 2.79. The average molecular weight is 184 g/mol. The maximum Gasteiger partial charge on any atom is 0.187 e.